The van der Waals surface area contributed by atoms with Crippen LogP contribution in [0.15, 0.2) is 65.6 Å². The minimum atomic E-state index is -3.35. The van der Waals surface area contributed by atoms with Crippen LogP contribution >= 0.6 is 22.9 Å². The summed E-state index contributed by atoms with van der Waals surface area (Å²) in [4.78, 5) is 14.3. The fraction of sp³-hybridized carbons (Fsp3) is 0.182. The maximum Gasteiger partial charge on any atom is 0.261 e. The van der Waals surface area contributed by atoms with Crippen molar-refractivity contribution in [2.24, 2.45) is 0 Å². The normalized spacial score (nSPS) is 11.7. The van der Waals surface area contributed by atoms with Crippen molar-refractivity contribution in [2.45, 2.75) is 18.2 Å². The van der Waals surface area contributed by atoms with Gasteiger partial charge in [0.15, 0.2) is 9.84 Å². The molecule has 9 heteroatoms. The molecule has 1 N–H and O–H groups in total. The Labute approximate surface area is 189 Å². The summed E-state index contributed by atoms with van der Waals surface area (Å²) in [7, 11) is -3.35. The molecular weight excluding hydrogens is 454 g/mol. The Morgan fingerprint density at radius 3 is 2.58 bits per heavy atom. The standard InChI is InChI=1S/C22H20ClN3O3S2/c1-15-17-14-20(30-22(17)26(25-15)19-11-6-5-10-18(19)23)21(27)24-12-7-13-31(28,29)16-8-3-2-4-9-16/h2-6,8-11,14H,7,12-13H2,1H3,(H,24,27). The number of carbonyl (C=O) groups excluding carboxylic acids is 1. The number of halogens is 1. The van der Waals surface area contributed by atoms with Crippen molar-refractivity contribution < 1.29 is 13.2 Å². The summed E-state index contributed by atoms with van der Waals surface area (Å²) >= 11 is 7.65. The number of hydrogen-bond acceptors (Lipinski definition) is 5. The number of fused-ring (bicyclic) bond motifs is 1. The molecule has 6 nitrogen and oxygen atoms in total. The topological polar surface area (TPSA) is 81.1 Å². The van der Waals surface area contributed by atoms with Crippen molar-refractivity contribution in [1.82, 2.24) is 15.1 Å². The van der Waals surface area contributed by atoms with Crippen molar-refractivity contribution in [3.05, 3.63) is 76.3 Å². The Kier molecular flexibility index (Phi) is 6.13. The number of para-hydroxylation sites is 1. The molecule has 0 unspecified atom stereocenters. The maximum atomic E-state index is 12.6. The number of hydrogen-bond donors (Lipinski definition) is 1. The number of sulfone groups is 1. The van der Waals surface area contributed by atoms with Gasteiger partial charge in [-0.25, -0.2) is 13.1 Å². The molecule has 0 aliphatic rings. The molecule has 0 radical (unpaired) electrons. The van der Waals surface area contributed by atoms with Crippen LogP contribution in [0.5, 0.6) is 0 Å². The van der Waals surface area contributed by atoms with Crippen molar-refractivity contribution in [2.75, 3.05) is 12.3 Å². The third-order valence-corrected chi connectivity index (χ3v) is 8.07. The predicted molar refractivity (Wildman–Crippen MR) is 124 cm³/mol. The van der Waals surface area contributed by atoms with Crippen LogP contribution in [0.25, 0.3) is 15.9 Å². The largest absolute Gasteiger partial charge is 0.351 e. The Morgan fingerprint density at radius 1 is 1.13 bits per heavy atom. The van der Waals surface area contributed by atoms with Gasteiger partial charge in [-0.15, -0.1) is 11.3 Å². The number of aryl methyl sites for hydroxylation is 1. The van der Waals surface area contributed by atoms with E-state index in [1.165, 1.54) is 11.3 Å². The lowest BCUT2D eigenvalue weighted by molar-refractivity contribution is 0.0958. The Bertz CT molecular complexity index is 1350. The number of benzene rings is 2. The van der Waals surface area contributed by atoms with Gasteiger partial charge in [-0.05, 0) is 43.7 Å². The van der Waals surface area contributed by atoms with Crippen LogP contribution in [0.2, 0.25) is 5.02 Å². The van der Waals surface area contributed by atoms with Gasteiger partial charge in [-0.3, -0.25) is 4.79 Å². The van der Waals surface area contributed by atoms with E-state index in [-0.39, 0.29) is 18.2 Å². The van der Waals surface area contributed by atoms with E-state index in [0.29, 0.717) is 21.2 Å². The zero-order valence-electron chi connectivity index (χ0n) is 16.7. The number of thiophene rings is 1. The van der Waals surface area contributed by atoms with Crippen LogP contribution in [0.3, 0.4) is 0 Å². The lowest BCUT2D eigenvalue weighted by atomic mass is 10.3. The van der Waals surface area contributed by atoms with Gasteiger partial charge in [0.25, 0.3) is 5.91 Å². The van der Waals surface area contributed by atoms with Gasteiger partial charge in [-0.2, -0.15) is 5.10 Å². The second-order valence-electron chi connectivity index (χ2n) is 7.02. The summed E-state index contributed by atoms with van der Waals surface area (Å²) in [5.74, 6) is -0.256. The van der Waals surface area contributed by atoms with Crippen molar-refractivity contribution >= 4 is 48.9 Å². The van der Waals surface area contributed by atoms with Gasteiger partial charge in [-0.1, -0.05) is 41.9 Å². The molecule has 0 aliphatic heterocycles. The number of nitrogens with zero attached hydrogens (tertiary/aromatic N) is 2. The average molecular weight is 474 g/mol. The summed E-state index contributed by atoms with van der Waals surface area (Å²) in [5.41, 5.74) is 1.56. The molecule has 0 spiro atoms. The smallest absolute Gasteiger partial charge is 0.261 e. The summed E-state index contributed by atoms with van der Waals surface area (Å²) in [6.45, 7) is 2.16. The first kappa shape index (κ1) is 21.5. The molecule has 0 saturated heterocycles. The second-order valence-corrected chi connectivity index (χ2v) is 10.6. The molecule has 0 aliphatic carbocycles. The third-order valence-electron chi connectivity index (χ3n) is 4.83. The van der Waals surface area contributed by atoms with Crippen molar-refractivity contribution in [3.63, 3.8) is 0 Å². The quantitative estimate of drug-likeness (QED) is 0.396. The Hall–Kier alpha value is -2.68. The second kappa shape index (κ2) is 8.82. The van der Waals surface area contributed by atoms with Gasteiger partial charge in [0, 0.05) is 11.9 Å². The molecule has 2 aromatic carbocycles. The summed E-state index contributed by atoms with van der Waals surface area (Å²) in [6.07, 6.45) is 0.334. The molecule has 1 amide bonds. The van der Waals surface area contributed by atoms with Crippen LogP contribution in [-0.2, 0) is 9.84 Å². The molecule has 0 fully saturated rings. The number of aromatic nitrogens is 2. The van der Waals surface area contributed by atoms with Gasteiger partial charge in [0.1, 0.15) is 4.83 Å². The van der Waals surface area contributed by atoms with Gasteiger partial charge >= 0.3 is 0 Å². The molecule has 4 rings (SSSR count). The summed E-state index contributed by atoms with van der Waals surface area (Å²) in [5, 5.41) is 8.84. The van der Waals surface area contributed by atoms with E-state index in [1.807, 2.05) is 31.2 Å². The van der Waals surface area contributed by atoms with Gasteiger partial charge < -0.3 is 5.32 Å². The molecule has 0 saturated carbocycles. The lowest BCUT2D eigenvalue weighted by Crippen LogP contribution is -2.25. The molecule has 4 aromatic rings. The van der Waals surface area contributed by atoms with Crippen LogP contribution in [0.4, 0.5) is 0 Å². The Morgan fingerprint density at radius 2 is 1.84 bits per heavy atom. The van der Waals surface area contributed by atoms with Crippen LogP contribution in [0, 0.1) is 6.92 Å². The highest BCUT2D eigenvalue weighted by Gasteiger charge is 2.18. The van der Waals surface area contributed by atoms with E-state index >= 15 is 0 Å². The fourth-order valence-electron chi connectivity index (χ4n) is 3.24. The maximum absolute atomic E-state index is 12.6. The van der Waals surface area contributed by atoms with E-state index in [1.54, 1.807) is 41.1 Å². The number of amides is 1. The molecule has 2 heterocycles. The fourth-order valence-corrected chi connectivity index (χ4v) is 5.88. The molecular formula is C22H20ClN3O3S2. The van der Waals surface area contributed by atoms with Crippen molar-refractivity contribution in [1.29, 1.82) is 0 Å². The zero-order chi connectivity index (χ0) is 22.0. The van der Waals surface area contributed by atoms with E-state index in [4.69, 9.17) is 11.6 Å². The SMILES string of the molecule is Cc1nn(-c2ccccc2Cl)c2sc(C(=O)NCCCS(=O)(=O)c3ccccc3)cc12. The van der Waals surface area contributed by atoms with E-state index in [9.17, 15) is 13.2 Å². The minimum Gasteiger partial charge on any atom is -0.351 e. The first-order valence-corrected chi connectivity index (χ1v) is 12.5. The average Bonchev–Trinajstić information content (AvgIpc) is 3.33. The zero-order valence-corrected chi connectivity index (χ0v) is 19.1. The van der Waals surface area contributed by atoms with Crippen LogP contribution in [-0.4, -0.2) is 36.4 Å². The van der Waals surface area contributed by atoms with E-state index in [0.717, 1.165) is 21.6 Å². The van der Waals surface area contributed by atoms with Gasteiger partial charge in [0.2, 0.25) is 0 Å². The monoisotopic (exact) mass is 473 g/mol. The Balaban J connectivity index is 1.44. The molecule has 31 heavy (non-hydrogen) atoms. The van der Waals surface area contributed by atoms with Crippen molar-refractivity contribution in [3.8, 4) is 5.69 Å². The third kappa shape index (κ3) is 4.51. The van der Waals surface area contributed by atoms with E-state index in [2.05, 4.69) is 10.4 Å². The van der Waals surface area contributed by atoms with Gasteiger partial charge in [0.05, 0.1) is 31.9 Å². The molecule has 0 atom stereocenters. The first-order valence-electron chi connectivity index (χ1n) is 9.67. The number of rotatable bonds is 7. The molecule has 0 bridgehead atoms. The predicted octanol–water partition coefficient (Wildman–Crippen LogP) is 4.64. The van der Waals surface area contributed by atoms with Crippen LogP contribution < -0.4 is 5.32 Å². The van der Waals surface area contributed by atoms with Crippen LogP contribution in [0.1, 0.15) is 21.8 Å². The highest BCUT2D eigenvalue weighted by atomic mass is 35.5. The first-order chi connectivity index (χ1) is 14.9. The summed E-state index contributed by atoms with van der Waals surface area (Å²) < 4.78 is 26.4. The molecule has 2 aromatic heterocycles. The highest BCUT2D eigenvalue weighted by Crippen LogP contribution is 2.32. The molecule has 160 valence electrons. The minimum absolute atomic E-state index is 0.0235. The summed E-state index contributed by atoms with van der Waals surface area (Å²) in [6, 6.07) is 17.5. The number of nitrogens with one attached hydrogen (secondary N) is 1. The highest BCUT2D eigenvalue weighted by molar-refractivity contribution is 7.91. The lowest BCUT2D eigenvalue weighted by Gasteiger charge is -2.06. The number of carbonyl (C=O) groups is 1. The van der Waals surface area contributed by atoms with E-state index < -0.39 is 9.84 Å².